The first kappa shape index (κ1) is 15.5. The van der Waals surface area contributed by atoms with Gasteiger partial charge in [-0.3, -0.25) is 9.59 Å². The van der Waals surface area contributed by atoms with E-state index in [9.17, 15) is 9.59 Å². The summed E-state index contributed by atoms with van der Waals surface area (Å²) in [5, 5.41) is 0. The van der Waals surface area contributed by atoms with Crippen LogP contribution in [0, 0.1) is 11.3 Å². The standard InChI is InChI=1S/C17H29NO2/c1-13(2)12-17(10-4-5-11-17)16(20)18(3)14-6-8-15(19)9-7-14/h13-14H,4-12H2,1-3H3. The third-order valence-corrected chi connectivity index (χ3v) is 5.19. The van der Waals surface area contributed by atoms with Crippen LogP contribution in [-0.2, 0) is 9.59 Å². The Morgan fingerprint density at radius 3 is 2.30 bits per heavy atom. The molecule has 2 aliphatic rings. The summed E-state index contributed by atoms with van der Waals surface area (Å²) >= 11 is 0. The maximum absolute atomic E-state index is 13.0. The average molecular weight is 279 g/mol. The van der Waals surface area contributed by atoms with Crippen LogP contribution in [0.5, 0.6) is 0 Å². The fourth-order valence-electron chi connectivity index (χ4n) is 4.19. The number of rotatable bonds is 4. The molecule has 3 heteroatoms. The Kier molecular flexibility index (Phi) is 4.87. The van der Waals surface area contributed by atoms with Gasteiger partial charge in [-0.05, 0) is 38.0 Å². The van der Waals surface area contributed by atoms with E-state index in [1.54, 1.807) is 0 Å². The summed E-state index contributed by atoms with van der Waals surface area (Å²) in [5.41, 5.74) is -0.107. The molecule has 3 nitrogen and oxygen atoms in total. The predicted octanol–water partition coefficient (Wildman–Crippen LogP) is 3.56. The van der Waals surface area contributed by atoms with Gasteiger partial charge in [0.2, 0.25) is 5.91 Å². The molecule has 0 aliphatic heterocycles. The maximum Gasteiger partial charge on any atom is 0.228 e. The van der Waals surface area contributed by atoms with Gasteiger partial charge >= 0.3 is 0 Å². The van der Waals surface area contributed by atoms with Crippen LogP contribution in [0.3, 0.4) is 0 Å². The zero-order chi connectivity index (χ0) is 14.8. The summed E-state index contributed by atoms with van der Waals surface area (Å²) in [6.07, 6.45) is 8.53. The molecule has 0 saturated heterocycles. The third kappa shape index (κ3) is 3.24. The van der Waals surface area contributed by atoms with Crippen molar-refractivity contribution >= 4 is 11.7 Å². The number of ketones is 1. The largest absolute Gasteiger partial charge is 0.342 e. The van der Waals surface area contributed by atoms with Crippen LogP contribution >= 0.6 is 0 Å². The Hall–Kier alpha value is -0.860. The van der Waals surface area contributed by atoms with Crippen molar-refractivity contribution in [2.75, 3.05) is 7.05 Å². The highest BCUT2D eigenvalue weighted by atomic mass is 16.2. The summed E-state index contributed by atoms with van der Waals surface area (Å²) in [4.78, 5) is 26.4. The van der Waals surface area contributed by atoms with Gasteiger partial charge in [-0.25, -0.2) is 0 Å². The van der Waals surface area contributed by atoms with Crippen LogP contribution in [0.2, 0.25) is 0 Å². The van der Waals surface area contributed by atoms with Crippen LogP contribution in [0.1, 0.15) is 71.6 Å². The minimum absolute atomic E-state index is 0.107. The van der Waals surface area contributed by atoms with Crippen molar-refractivity contribution in [2.45, 2.75) is 77.7 Å². The first-order valence-corrected chi connectivity index (χ1v) is 8.23. The Morgan fingerprint density at radius 2 is 1.80 bits per heavy atom. The Morgan fingerprint density at radius 1 is 1.25 bits per heavy atom. The molecule has 0 unspecified atom stereocenters. The van der Waals surface area contributed by atoms with Gasteiger partial charge in [-0.15, -0.1) is 0 Å². The highest BCUT2D eigenvalue weighted by Gasteiger charge is 2.44. The summed E-state index contributed by atoms with van der Waals surface area (Å²) in [5.74, 6) is 1.28. The molecule has 0 bridgehead atoms. The maximum atomic E-state index is 13.0. The third-order valence-electron chi connectivity index (χ3n) is 5.19. The second-order valence-corrected chi connectivity index (χ2v) is 7.27. The second kappa shape index (κ2) is 6.28. The van der Waals surface area contributed by atoms with E-state index in [1.807, 2.05) is 11.9 Å². The topological polar surface area (TPSA) is 37.4 Å². The molecule has 0 aromatic rings. The lowest BCUT2D eigenvalue weighted by Gasteiger charge is -2.38. The van der Waals surface area contributed by atoms with E-state index in [4.69, 9.17) is 0 Å². The van der Waals surface area contributed by atoms with Crippen molar-refractivity contribution in [3.05, 3.63) is 0 Å². The number of carbonyl (C=O) groups is 2. The quantitative estimate of drug-likeness (QED) is 0.789. The number of hydrogen-bond donors (Lipinski definition) is 0. The number of nitrogens with zero attached hydrogens (tertiary/aromatic N) is 1. The Bertz CT molecular complexity index is 359. The monoisotopic (exact) mass is 279 g/mol. The summed E-state index contributed by atoms with van der Waals surface area (Å²) in [6, 6.07) is 0.282. The van der Waals surface area contributed by atoms with Crippen molar-refractivity contribution in [3.63, 3.8) is 0 Å². The Labute approximate surface area is 123 Å². The van der Waals surface area contributed by atoms with Crippen LogP contribution in [0.15, 0.2) is 0 Å². The molecule has 2 aliphatic carbocycles. The molecular weight excluding hydrogens is 250 g/mol. The van der Waals surface area contributed by atoms with Gasteiger partial charge in [0.15, 0.2) is 0 Å². The molecule has 2 saturated carbocycles. The summed E-state index contributed by atoms with van der Waals surface area (Å²) in [6.45, 7) is 4.43. The number of Topliss-reactive ketones (excluding diaryl/α,β-unsaturated/α-hetero) is 1. The fraction of sp³-hybridized carbons (Fsp3) is 0.882. The van der Waals surface area contributed by atoms with Crippen molar-refractivity contribution in [2.24, 2.45) is 11.3 Å². The molecule has 0 N–H and O–H groups in total. The Balaban J connectivity index is 2.05. The summed E-state index contributed by atoms with van der Waals surface area (Å²) in [7, 11) is 1.96. The molecule has 0 aromatic carbocycles. The van der Waals surface area contributed by atoms with Crippen LogP contribution in [0.25, 0.3) is 0 Å². The SMILES string of the molecule is CC(C)CC1(C(=O)N(C)C2CCC(=O)CC2)CCCC1. The highest BCUT2D eigenvalue weighted by molar-refractivity contribution is 5.84. The molecule has 2 fully saturated rings. The zero-order valence-corrected chi connectivity index (χ0v) is 13.3. The van der Waals surface area contributed by atoms with Gasteiger partial charge in [0.25, 0.3) is 0 Å². The van der Waals surface area contributed by atoms with E-state index in [1.165, 1.54) is 12.8 Å². The predicted molar refractivity (Wildman–Crippen MR) is 80.4 cm³/mol. The molecule has 0 spiro atoms. The lowest BCUT2D eigenvalue weighted by atomic mass is 9.76. The molecule has 1 amide bonds. The van der Waals surface area contributed by atoms with E-state index in [-0.39, 0.29) is 11.5 Å². The van der Waals surface area contributed by atoms with Gasteiger partial charge in [0.05, 0.1) is 0 Å². The molecular formula is C17H29NO2. The van der Waals surface area contributed by atoms with Gasteiger partial charge in [-0.2, -0.15) is 0 Å². The molecule has 0 heterocycles. The van der Waals surface area contributed by atoms with Crippen molar-refractivity contribution < 1.29 is 9.59 Å². The molecule has 0 radical (unpaired) electrons. The molecule has 114 valence electrons. The van der Waals surface area contributed by atoms with Crippen LogP contribution in [-0.4, -0.2) is 29.7 Å². The van der Waals surface area contributed by atoms with Crippen LogP contribution in [0.4, 0.5) is 0 Å². The van der Waals surface area contributed by atoms with Gasteiger partial charge in [0, 0.05) is 31.3 Å². The van der Waals surface area contributed by atoms with E-state index in [0.717, 1.165) is 32.1 Å². The molecule has 20 heavy (non-hydrogen) atoms. The number of carbonyl (C=O) groups excluding carboxylic acids is 2. The van der Waals surface area contributed by atoms with E-state index in [0.29, 0.717) is 30.4 Å². The smallest absolute Gasteiger partial charge is 0.228 e. The van der Waals surface area contributed by atoms with E-state index in [2.05, 4.69) is 13.8 Å². The minimum Gasteiger partial charge on any atom is -0.342 e. The van der Waals surface area contributed by atoms with E-state index < -0.39 is 0 Å². The molecule has 0 atom stereocenters. The minimum atomic E-state index is -0.107. The lowest BCUT2D eigenvalue weighted by Crippen LogP contribution is -2.47. The van der Waals surface area contributed by atoms with Crippen molar-refractivity contribution in [3.8, 4) is 0 Å². The van der Waals surface area contributed by atoms with Crippen molar-refractivity contribution in [1.29, 1.82) is 0 Å². The van der Waals surface area contributed by atoms with Gasteiger partial charge in [-0.1, -0.05) is 26.7 Å². The fourth-order valence-corrected chi connectivity index (χ4v) is 4.19. The summed E-state index contributed by atoms with van der Waals surface area (Å²) < 4.78 is 0. The number of hydrogen-bond acceptors (Lipinski definition) is 2. The number of amides is 1. The normalized spacial score (nSPS) is 23.3. The average Bonchev–Trinajstić information content (AvgIpc) is 2.87. The first-order chi connectivity index (χ1) is 9.44. The lowest BCUT2D eigenvalue weighted by molar-refractivity contribution is -0.145. The zero-order valence-electron chi connectivity index (χ0n) is 13.3. The molecule has 2 rings (SSSR count). The van der Waals surface area contributed by atoms with E-state index >= 15 is 0 Å². The highest BCUT2D eigenvalue weighted by Crippen LogP contribution is 2.45. The second-order valence-electron chi connectivity index (χ2n) is 7.27. The molecule has 0 aromatic heterocycles. The first-order valence-electron chi connectivity index (χ1n) is 8.23. The van der Waals surface area contributed by atoms with Crippen molar-refractivity contribution in [1.82, 2.24) is 4.90 Å². The van der Waals surface area contributed by atoms with Gasteiger partial charge < -0.3 is 4.90 Å². The van der Waals surface area contributed by atoms with Gasteiger partial charge in [0.1, 0.15) is 5.78 Å². The van der Waals surface area contributed by atoms with Crippen LogP contribution < -0.4 is 0 Å².